The minimum absolute atomic E-state index is 0.840. The lowest BCUT2D eigenvalue weighted by Crippen LogP contribution is -1.99. The summed E-state index contributed by atoms with van der Waals surface area (Å²) in [7, 11) is 0. The Labute approximate surface area is 111 Å². The van der Waals surface area contributed by atoms with Gasteiger partial charge in [-0.05, 0) is 54.8 Å². The van der Waals surface area contributed by atoms with E-state index in [1.807, 2.05) is 11.8 Å². The zero-order valence-electron chi connectivity index (χ0n) is 10.3. The molecule has 0 spiro atoms. The summed E-state index contributed by atoms with van der Waals surface area (Å²) in [5.41, 5.74) is 3.64. The summed E-state index contributed by atoms with van der Waals surface area (Å²) in [4.78, 5) is 3.28. The van der Waals surface area contributed by atoms with Crippen molar-refractivity contribution in [1.29, 1.82) is 0 Å². The first-order valence-electron chi connectivity index (χ1n) is 5.99. The first-order chi connectivity index (χ1) is 8.22. The molecule has 0 saturated heterocycles. The van der Waals surface area contributed by atoms with E-state index in [1.54, 1.807) is 0 Å². The van der Waals surface area contributed by atoms with E-state index >= 15 is 0 Å². The fourth-order valence-electron chi connectivity index (χ4n) is 1.97. The van der Waals surface area contributed by atoms with E-state index < -0.39 is 0 Å². The van der Waals surface area contributed by atoms with Crippen LogP contribution in [0.5, 0.6) is 0 Å². The summed E-state index contributed by atoms with van der Waals surface area (Å²) in [6, 6.07) is 6.45. The second-order valence-electron chi connectivity index (χ2n) is 4.15. The van der Waals surface area contributed by atoms with Crippen LogP contribution in [0.3, 0.4) is 0 Å². The largest absolute Gasteiger partial charge is 0.331 e. The molecule has 2 rings (SSSR count). The number of imidazole rings is 1. The van der Waals surface area contributed by atoms with Crippen molar-refractivity contribution in [3.63, 3.8) is 0 Å². The highest BCUT2D eigenvalue weighted by Gasteiger charge is 2.03. The number of aromatic amines is 1. The molecule has 1 heterocycles. The molecule has 0 unspecified atom stereocenters. The predicted molar refractivity (Wildman–Crippen MR) is 79.5 cm³/mol. The van der Waals surface area contributed by atoms with Crippen LogP contribution in [-0.2, 0) is 6.54 Å². The molecule has 92 valence electrons. The Morgan fingerprint density at radius 1 is 1.41 bits per heavy atom. The van der Waals surface area contributed by atoms with Gasteiger partial charge in [0.15, 0.2) is 4.77 Å². The van der Waals surface area contributed by atoms with E-state index in [1.165, 1.54) is 29.0 Å². The van der Waals surface area contributed by atoms with Gasteiger partial charge >= 0.3 is 0 Å². The molecule has 0 amide bonds. The number of benzene rings is 1. The molecule has 17 heavy (non-hydrogen) atoms. The van der Waals surface area contributed by atoms with Crippen LogP contribution in [0.25, 0.3) is 11.0 Å². The van der Waals surface area contributed by atoms with Gasteiger partial charge < -0.3 is 9.55 Å². The number of fused-ring (bicyclic) bond motifs is 1. The number of thioether (sulfide) groups is 1. The van der Waals surface area contributed by atoms with Gasteiger partial charge in [-0.15, -0.1) is 0 Å². The minimum Gasteiger partial charge on any atom is -0.331 e. The third-order valence-electron chi connectivity index (χ3n) is 2.80. The van der Waals surface area contributed by atoms with Crippen LogP contribution in [0, 0.1) is 11.7 Å². The van der Waals surface area contributed by atoms with Gasteiger partial charge in [0.2, 0.25) is 0 Å². The second-order valence-corrected chi connectivity index (χ2v) is 5.93. The zero-order chi connectivity index (χ0) is 12.3. The van der Waals surface area contributed by atoms with Crippen LogP contribution in [0.4, 0.5) is 0 Å². The highest BCUT2D eigenvalue weighted by atomic mass is 32.2. The highest BCUT2D eigenvalue weighted by molar-refractivity contribution is 7.99. The lowest BCUT2D eigenvalue weighted by Gasteiger charge is -2.04. The summed E-state index contributed by atoms with van der Waals surface area (Å²) < 4.78 is 3.05. The molecule has 1 N–H and O–H groups in total. The third kappa shape index (κ3) is 2.93. The average Bonchev–Trinajstić information content (AvgIpc) is 2.60. The molecule has 2 aromatic rings. The number of nitrogens with one attached hydrogen (secondary N) is 1. The monoisotopic (exact) mass is 266 g/mol. The number of aryl methyl sites for hydroxylation is 2. The van der Waals surface area contributed by atoms with E-state index in [4.69, 9.17) is 12.2 Å². The van der Waals surface area contributed by atoms with Gasteiger partial charge in [0.05, 0.1) is 11.0 Å². The Kier molecular flexibility index (Phi) is 4.29. The second kappa shape index (κ2) is 5.74. The molecule has 0 aliphatic heterocycles. The number of hydrogen-bond donors (Lipinski definition) is 1. The van der Waals surface area contributed by atoms with E-state index in [0.717, 1.165) is 16.8 Å². The van der Waals surface area contributed by atoms with Crippen molar-refractivity contribution in [2.75, 3.05) is 11.5 Å². The SMILES string of the molecule is CCSCCCn1c(=S)[nH]c2cc(C)ccc21. The third-order valence-corrected chi connectivity index (χ3v) is 4.11. The van der Waals surface area contributed by atoms with Crippen molar-refractivity contribution in [2.24, 2.45) is 0 Å². The van der Waals surface area contributed by atoms with Crippen molar-refractivity contribution in [3.05, 3.63) is 28.5 Å². The van der Waals surface area contributed by atoms with Crippen LogP contribution in [0.1, 0.15) is 18.9 Å². The molecular weight excluding hydrogens is 248 g/mol. The summed E-state index contributed by atoms with van der Waals surface area (Å²) in [6.07, 6.45) is 1.17. The maximum atomic E-state index is 5.37. The summed E-state index contributed by atoms with van der Waals surface area (Å²) in [6.45, 7) is 5.31. The molecule has 0 atom stereocenters. The number of nitrogens with zero attached hydrogens (tertiary/aromatic N) is 1. The van der Waals surface area contributed by atoms with E-state index in [-0.39, 0.29) is 0 Å². The Morgan fingerprint density at radius 3 is 3.00 bits per heavy atom. The van der Waals surface area contributed by atoms with Gasteiger partial charge in [-0.3, -0.25) is 0 Å². The van der Waals surface area contributed by atoms with Crippen molar-refractivity contribution < 1.29 is 0 Å². The van der Waals surface area contributed by atoms with Gasteiger partial charge in [-0.2, -0.15) is 11.8 Å². The van der Waals surface area contributed by atoms with Crippen LogP contribution < -0.4 is 0 Å². The lowest BCUT2D eigenvalue weighted by molar-refractivity contribution is 0.694. The molecule has 0 aliphatic rings. The Bertz CT molecular complexity index is 554. The van der Waals surface area contributed by atoms with Gasteiger partial charge in [0.1, 0.15) is 0 Å². The zero-order valence-corrected chi connectivity index (χ0v) is 12.0. The summed E-state index contributed by atoms with van der Waals surface area (Å²) in [5.74, 6) is 2.40. The minimum atomic E-state index is 0.840. The average molecular weight is 266 g/mol. The van der Waals surface area contributed by atoms with E-state index in [2.05, 4.69) is 41.6 Å². The first kappa shape index (κ1) is 12.7. The number of aromatic nitrogens is 2. The van der Waals surface area contributed by atoms with Crippen LogP contribution in [-0.4, -0.2) is 21.1 Å². The molecule has 1 aromatic heterocycles. The highest BCUT2D eigenvalue weighted by Crippen LogP contribution is 2.16. The Morgan fingerprint density at radius 2 is 2.24 bits per heavy atom. The molecule has 0 aliphatic carbocycles. The molecule has 1 aromatic carbocycles. The lowest BCUT2D eigenvalue weighted by atomic mass is 10.2. The van der Waals surface area contributed by atoms with Gasteiger partial charge in [0.25, 0.3) is 0 Å². The quantitative estimate of drug-likeness (QED) is 0.648. The molecule has 0 saturated carbocycles. The molecular formula is C13H18N2S2. The summed E-state index contributed by atoms with van der Waals surface area (Å²) >= 11 is 7.36. The number of rotatable bonds is 5. The standard InChI is InChI=1S/C13H18N2S2/c1-3-17-8-4-7-15-12-6-5-10(2)9-11(12)14-13(15)16/h5-6,9H,3-4,7-8H2,1-2H3,(H,14,16). The van der Waals surface area contributed by atoms with Gasteiger partial charge in [-0.1, -0.05) is 13.0 Å². The van der Waals surface area contributed by atoms with Crippen molar-refractivity contribution in [3.8, 4) is 0 Å². The maximum Gasteiger partial charge on any atom is 0.178 e. The molecule has 2 nitrogen and oxygen atoms in total. The molecule has 0 fully saturated rings. The van der Waals surface area contributed by atoms with E-state index in [0.29, 0.717) is 0 Å². The van der Waals surface area contributed by atoms with Crippen molar-refractivity contribution in [2.45, 2.75) is 26.8 Å². The molecule has 0 radical (unpaired) electrons. The van der Waals surface area contributed by atoms with Gasteiger partial charge in [-0.25, -0.2) is 0 Å². The maximum absolute atomic E-state index is 5.37. The Balaban J connectivity index is 2.21. The van der Waals surface area contributed by atoms with Crippen molar-refractivity contribution in [1.82, 2.24) is 9.55 Å². The van der Waals surface area contributed by atoms with Crippen LogP contribution in [0.2, 0.25) is 0 Å². The fourth-order valence-corrected chi connectivity index (χ4v) is 2.89. The van der Waals surface area contributed by atoms with Gasteiger partial charge in [0, 0.05) is 6.54 Å². The normalized spacial score (nSPS) is 11.2. The topological polar surface area (TPSA) is 20.7 Å². The van der Waals surface area contributed by atoms with Crippen molar-refractivity contribution >= 4 is 35.0 Å². The summed E-state index contributed by atoms with van der Waals surface area (Å²) in [5, 5.41) is 0. The fraction of sp³-hybridized carbons (Fsp3) is 0.462. The molecule has 0 bridgehead atoms. The smallest absolute Gasteiger partial charge is 0.178 e. The number of H-pyrrole nitrogens is 1. The predicted octanol–water partition coefficient (Wildman–Crippen LogP) is 4.15. The van der Waals surface area contributed by atoms with Crippen LogP contribution in [0.15, 0.2) is 18.2 Å². The molecule has 4 heteroatoms. The van der Waals surface area contributed by atoms with Crippen LogP contribution >= 0.6 is 24.0 Å². The number of hydrogen-bond acceptors (Lipinski definition) is 2. The first-order valence-corrected chi connectivity index (χ1v) is 7.55. The van der Waals surface area contributed by atoms with E-state index in [9.17, 15) is 0 Å². The Hall–Kier alpha value is -0.740.